The van der Waals surface area contributed by atoms with Gasteiger partial charge in [0.1, 0.15) is 34.1 Å². The Balaban J connectivity index is 2.27. The van der Waals surface area contributed by atoms with Gasteiger partial charge < -0.3 is 18.6 Å². The van der Waals surface area contributed by atoms with E-state index >= 15 is 0 Å². The quantitative estimate of drug-likeness (QED) is 0.319. The van der Waals surface area contributed by atoms with Gasteiger partial charge in [0, 0.05) is 18.4 Å². The molecular weight excluding hydrogens is 479 g/mol. The molecule has 0 aliphatic heterocycles. The Labute approximate surface area is 202 Å². The lowest BCUT2D eigenvalue weighted by Gasteiger charge is -2.36. The third kappa shape index (κ3) is 7.28. The van der Waals surface area contributed by atoms with Crippen LogP contribution in [0.3, 0.4) is 0 Å². The van der Waals surface area contributed by atoms with Crippen molar-refractivity contribution in [2.45, 2.75) is 56.8 Å². The minimum Gasteiger partial charge on any atom is -0.488 e. The smallest absolute Gasteiger partial charge is 0.338 e. The number of carbonyl (C=O) groups is 1. The summed E-state index contributed by atoms with van der Waals surface area (Å²) in [5.74, 6) is -0.928. The lowest BCUT2D eigenvalue weighted by molar-refractivity contribution is 0.0599. The van der Waals surface area contributed by atoms with Crippen molar-refractivity contribution in [1.82, 2.24) is 0 Å². The van der Waals surface area contributed by atoms with Gasteiger partial charge in [-0.05, 0) is 49.3 Å². The van der Waals surface area contributed by atoms with Gasteiger partial charge in [0.25, 0.3) is 0 Å². The number of hydrogen-bond acceptors (Lipinski definition) is 7. The molecule has 0 bridgehead atoms. The average Bonchev–Trinajstić information content (AvgIpc) is 2.69. The number of benzene rings is 2. The van der Waals surface area contributed by atoms with E-state index in [2.05, 4.69) is 33.9 Å². The maximum absolute atomic E-state index is 14.3. The predicted octanol–water partition coefficient (Wildman–Crippen LogP) is 5.60. The molecule has 0 saturated heterocycles. The van der Waals surface area contributed by atoms with Crippen LogP contribution in [0.5, 0.6) is 17.2 Å². The highest BCUT2D eigenvalue weighted by Crippen LogP contribution is 2.37. The van der Waals surface area contributed by atoms with E-state index in [0.29, 0.717) is 12.4 Å². The number of sulfone groups is 1. The Morgan fingerprint density at radius 3 is 2.21 bits per heavy atom. The zero-order chi connectivity index (χ0) is 25.9. The second-order valence-corrected chi connectivity index (χ2v) is 16.4. The third-order valence-corrected chi connectivity index (χ3v) is 11.3. The van der Waals surface area contributed by atoms with E-state index in [-0.39, 0.29) is 28.2 Å². The molecule has 0 fully saturated rings. The van der Waals surface area contributed by atoms with E-state index in [0.717, 1.165) is 18.4 Å². The van der Waals surface area contributed by atoms with Gasteiger partial charge in [-0.1, -0.05) is 20.8 Å². The molecule has 0 amide bonds. The molecule has 0 N–H and O–H groups in total. The Kier molecular flexibility index (Phi) is 8.55. The summed E-state index contributed by atoms with van der Waals surface area (Å²) < 4.78 is 60.2. The molecule has 0 aliphatic rings. The van der Waals surface area contributed by atoms with Crippen molar-refractivity contribution in [2.24, 2.45) is 0 Å². The molecule has 34 heavy (non-hydrogen) atoms. The first-order valence-corrected chi connectivity index (χ1v) is 15.5. The third-order valence-electron chi connectivity index (χ3n) is 5.66. The fraction of sp³-hybridized carbons (Fsp3) is 0.458. The van der Waals surface area contributed by atoms with E-state index in [1.807, 2.05) is 6.92 Å². The molecule has 10 heteroatoms. The molecule has 0 spiro atoms. The average molecular weight is 513 g/mol. The van der Waals surface area contributed by atoms with Gasteiger partial charge in [-0.2, -0.15) is 0 Å². The summed E-state index contributed by atoms with van der Waals surface area (Å²) in [7, 11) is -4.42. The van der Waals surface area contributed by atoms with E-state index in [9.17, 15) is 17.6 Å². The molecule has 7 nitrogen and oxygen atoms in total. The number of carbonyl (C=O) groups excluding carboxylic acids is 1. The first kappa shape index (κ1) is 27.8. The van der Waals surface area contributed by atoms with E-state index in [1.165, 1.54) is 25.3 Å². The lowest BCUT2D eigenvalue weighted by Crippen LogP contribution is -2.43. The van der Waals surface area contributed by atoms with Gasteiger partial charge in [-0.15, -0.1) is 0 Å². The van der Waals surface area contributed by atoms with Crippen LogP contribution in [0.25, 0.3) is 0 Å². The van der Waals surface area contributed by atoms with Crippen LogP contribution in [-0.4, -0.2) is 48.8 Å². The van der Waals surface area contributed by atoms with Crippen LogP contribution in [0.15, 0.2) is 41.3 Å². The fourth-order valence-electron chi connectivity index (χ4n) is 2.72. The highest BCUT2D eigenvalue weighted by molar-refractivity contribution is 7.90. The summed E-state index contributed by atoms with van der Waals surface area (Å²) in [4.78, 5) is 11.7. The van der Waals surface area contributed by atoms with Crippen LogP contribution in [0.1, 0.15) is 38.1 Å². The summed E-state index contributed by atoms with van der Waals surface area (Å²) in [6.45, 7) is 13.0. The van der Waals surface area contributed by atoms with Crippen LogP contribution in [0.4, 0.5) is 4.39 Å². The number of esters is 1. The van der Waals surface area contributed by atoms with Crippen LogP contribution in [0, 0.1) is 5.82 Å². The van der Waals surface area contributed by atoms with Gasteiger partial charge in [0.05, 0.1) is 19.3 Å². The van der Waals surface area contributed by atoms with Crippen LogP contribution in [-0.2, 0) is 19.0 Å². The first-order chi connectivity index (χ1) is 15.5. The monoisotopic (exact) mass is 512 g/mol. The summed E-state index contributed by atoms with van der Waals surface area (Å²) >= 11 is 0. The SMILES string of the molecule is COC(=O)c1cc(Oc2ccc(S(C)(=O)=O)c(F)c2)cc(O[C@@H](C)CO[Si](C)(C)C(C)(C)C)c1. The second kappa shape index (κ2) is 10.5. The number of hydrogen-bond donors (Lipinski definition) is 0. The Morgan fingerprint density at radius 2 is 1.68 bits per heavy atom. The minimum atomic E-state index is -3.71. The number of rotatable bonds is 9. The minimum absolute atomic E-state index is 0.0560. The summed E-state index contributed by atoms with van der Waals surface area (Å²) in [6.07, 6.45) is 0.604. The fourth-order valence-corrected chi connectivity index (χ4v) is 4.54. The summed E-state index contributed by atoms with van der Waals surface area (Å²) in [6, 6.07) is 7.93. The number of ether oxygens (including phenoxy) is 3. The van der Waals surface area contributed by atoms with Gasteiger partial charge in [0.15, 0.2) is 18.2 Å². The van der Waals surface area contributed by atoms with Crippen LogP contribution < -0.4 is 9.47 Å². The molecule has 0 saturated carbocycles. The molecule has 1 atom stereocenters. The summed E-state index contributed by atoms with van der Waals surface area (Å²) in [5.41, 5.74) is 0.181. The van der Waals surface area contributed by atoms with E-state index in [1.54, 1.807) is 6.07 Å². The van der Waals surface area contributed by atoms with Crippen molar-refractivity contribution in [3.8, 4) is 17.2 Å². The molecule has 0 aliphatic carbocycles. The zero-order valence-corrected chi connectivity index (χ0v) is 22.7. The van der Waals surface area contributed by atoms with Gasteiger partial charge in [-0.25, -0.2) is 17.6 Å². The maximum atomic E-state index is 14.3. The van der Waals surface area contributed by atoms with Gasteiger partial charge >= 0.3 is 5.97 Å². The van der Waals surface area contributed by atoms with Gasteiger partial charge in [-0.3, -0.25) is 0 Å². The zero-order valence-electron chi connectivity index (χ0n) is 20.9. The normalized spacial score (nSPS) is 13.3. The Morgan fingerprint density at radius 1 is 1.06 bits per heavy atom. The molecule has 0 aromatic heterocycles. The topological polar surface area (TPSA) is 88.1 Å². The molecule has 2 rings (SSSR count). The lowest BCUT2D eigenvalue weighted by atomic mass is 10.2. The van der Waals surface area contributed by atoms with E-state index in [4.69, 9.17) is 18.6 Å². The first-order valence-electron chi connectivity index (χ1n) is 10.7. The maximum Gasteiger partial charge on any atom is 0.338 e. The number of methoxy groups -OCH3 is 1. The molecule has 0 unspecified atom stereocenters. The molecule has 2 aromatic carbocycles. The molecule has 0 heterocycles. The highest BCUT2D eigenvalue weighted by atomic mass is 32.2. The molecule has 2 aromatic rings. The van der Waals surface area contributed by atoms with Crippen molar-refractivity contribution >= 4 is 24.1 Å². The predicted molar refractivity (Wildman–Crippen MR) is 131 cm³/mol. The molecule has 0 radical (unpaired) electrons. The van der Waals surface area contributed by atoms with Crippen molar-refractivity contribution in [3.05, 3.63) is 47.8 Å². The van der Waals surface area contributed by atoms with Crippen LogP contribution in [0.2, 0.25) is 18.1 Å². The molecular formula is C24H33FO7SSi. The largest absolute Gasteiger partial charge is 0.488 e. The van der Waals surface area contributed by atoms with Gasteiger partial charge in [0.2, 0.25) is 0 Å². The Bertz CT molecular complexity index is 1140. The van der Waals surface area contributed by atoms with Crippen molar-refractivity contribution in [2.75, 3.05) is 20.0 Å². The van der Waals surface area contributed by atoms with Crippen molar-refractivity contribution in [3.63, 3.8) is 0 Å². The van der Waals surface area contributed by atoms with E-state index < -0.39 is 34.8 Å². The highest BCUT2D eigenvalue weighted by Gasteiger charge is 2.37. The standard InChI is InChI=1S/C24H33FO7SSi/c1-16(15-30-34(7,8)24(2,3)4)31-19-11-17(23(26)29-5)12-20(13-19)32-18-9-10-22(21(25)14-18)33(6,27)28/h9-14,16H,15H2,1-8H3/t16-/m0/s1. The van der Waals surface area contributed by atoms with Crippen molar-refractivity contribution in [1.29, 1.82) is 0 Å². The van der Waals surface area contributed by atoms with Crippen molar-refractivity contribution < 1.29 is 36.2 Å². The summed E-state index contributed by atoms with van der Waals surface area (Å²) in [5, 5.41) is 0.0560. The van der Waals surface area contributed by atoms with Crippen LogP contribution >= 0.6 is 0 Å². The molecule has 188 valence electrons. The number of halogens is 1. The second-order valence-electron chi connectivity index (χ2n) is 9.65. The Hall–Kier alpha value is -2.43.